The zero-order valence-electron chi connectivity index (χ0n) is 17.2. The standard InChI is InChI=1S/C21H24F3N5S.ClH/c1-13(2)18-12-26-20-17(27-16-8-4-3-7-15(16)21(22,23)24)10-19(28-29(18)20)30-14-6-5-9-25-11-14;/h3-4,7-8,10,12-14,25,27H,5-6,9,11H2,1-2H3;1H. The second-order valence-corrected chi connectivity index (χ2v) is 9.04. The van der Waals surface area contributed by atoms with E-state index in [2.05, 4.69) is 15.6 Å². The van der Waals surface area contributed by atoms with E-state index < -0.39 is 11.7 Å². The van der Waals surface area contributed by atoms with Crippen molar-refractivity contribution < 1.29 is 13.2 Å². The maximum absolute atomic E-state index is 13.5. The molecule has 0 amide bonds. The molecule has 0 radical (unpaired) electrons. The molecule has 1 aliphatic rings. The Balaban J connectivity index is 0.00000272. The number of hydrogen-bond donors (Lipinski definition) is 2. The number of imidazole rings is 1. The predicted octanol–water partition coefficient (Wildman–Crippen LogP) is 5.88. The van der Waals surface area contributed by atoms with Gasteiger partial charge in [0.1, 0.15) is 5.03 Å². The highest BCUT2D eigenvalue weighted by Crippen LogP contribution is 2.37. The highest BCUT2D eigenvalue weighted by Gasteiger charge is 2.33. The SMILES string of the molecule is CC(C)c1cnc2c(Nc3ccccc3C(F)(F)F)cc(SC3CCCNC3)nn12.Cl. The van der Waals surface area contributed by atoms with Crippen molar-refractivity contribution in [1.82, 2.24) is 19.9 Å². The second-order valence-electron chi connectivity index (χ2n) is 7.72. The van der Waals surface area contributed by atoms with Crippen LogP contribution in [0.1, 0.15) is 43.9 Å². The average molecular weight is 472 g/mol. The van der Waals surface area contributed by atoms with E-state index in [0.29, 0.717) is 16.6 Å². The minimum Gasteiger partial charge on any atom is -0.352 e. The fourth-order valence-electron chi connectivity index (χ4n) is 3.58. The molecule has 0 aliphatic carbocycles. The van der Waals surface area contributed by atoms with Crippen LogP contribution in [0.25, 0.3) is 5.65 Å². The van der Waals surface area contributed by atoms with Crippen LogP contribution in [-0.2, 0) is 6.18 Å². The van der Waals surface area contributed by atoms with E-state index in [9.17, 15) is 13.2 Å². The third kappa shape index (κ3) is 5.27. The number of rotatable bonds is 5. The molecule has 168 valence electrons. The number of para-hydroxylation sites is 1. The molecule has 3 aromatic rings. The van der Waals surface area contributed by atoms with Gasteiger partial charge in [0.05, 0.1) is 28.8 Å². The number of fused-ring (bicyclic) bond motifs is 1. The number of anilines is 2. The number of piperidine rings is 1. The second kappa shape index (κ2) is 9.67. The summed E-state index contributed by atoms with van der Waals surface area (Å²) >= 11 is 1.65. The summed E-state index contributed by atoms with van der Waals surface area (Å²) < 4.78 is 42.2. The predicted molar refractivity (Wildman–Crippen MR) is 121 cm³/mol. The molecule has 31 heavy (non-hydrogen) atoms. The van der Waals surface area contributed by atoms with Crippen molar-refractivity contribution in [3.8, 4) is 0 Å². The molecule has 5 nitrogen and oxygen atoms in total. The van der Waals surface area contributed by atoms with Gasteiger partial charge in [0.2, 0.25) is 0 Å². The maximum Gasteiger partial charge on any atom is 0.418 e. The van der Waals surface area contributed by atoms with Crippen LogP contribution >= 0.6 is 24.2 Å². The number of nitrogens with zero attached hydrogens (tertiary/aromatic N) is 3. The van der Waals surface area contributed by atoms with Crippen LogP contribution in [0.5, 0.6) is 0 Å². The molecule has 1 atom stereocenters. The van der Waals surface area contributed by atoms with Gasteiger partial charge in [0.25, 0.3) is 0 Å². The van der Waals surface area contributed by atoms with Crippen LogP contribution in [0.2, 0.25) is 0 Å². The van der Waals surface area contributed by atoms with Crippen LogP contribution in [0, 0.1) is 0 Å². The van der Waals surface area contributed by atoms with Gasteiger partial charge in [-0.1, -0.05) is 37.7 Å². The average Bonchev–Trinajstić information content (AvgIpc) is 3.13. The highest BCUT2D eigenvalue weighted by atomic mass is 35.5. The first-order valence-electron chi connectivity index (χ1n) is 10.0. The lowest BCUT2D eigenvalue weighted by Gasteiger charge is -2.22. The molecule has 10 heteroatoms. The van der Waals surface area contributed by atoms with Crippen LogP contribution < -0.4 is 10.6 Å². The molecule has 4 rings (SSSR count). The largest absolute Gasteiger partial charge is 0.418 e. The zero-order chi connectivity index (χ0) is 21.3. The summed E-state index contributed by atoms with van der Waals surface area (Å²) in [5.41, 5.74) is 1.24. The van der Waals surface area contributed by atoms with Crippen molar-refractivity contribution in [2.45, 2.75) is 49.1 Å². The first-order valence-corrected chi connectivity index (χ1v) is 10.9. The fraction of sp³-hybridized carbons (Fsp3) is 0.429. The number of hydrogen-bond acceptors (Lipinski definition) is 5. The van der Waals surface area contributed by atoms with Gasteiger partial charge in [-0.25, -0.2) is 9.50 Å². The summed E-state index contributed by atoms with van der Waals surface area (Å²) in [5.74, 6) is 0.180. The molecule has 1 saturated heterocycles. The molecular weight excluding hydrogens is 447 g/mol. The molecule has 1 unspecified atom stereocenters. The Labute approximate surface area is 189 Å². The van der Waals surface area contributed by atoms with Crippen molar-refractivity contribution >= 4 is 41.2 Å². The lowest BCUT2D eigenvalue weighted by atomic mass is 10.1. The molecule has 1 fully saturated rings. The molecule has 0 spiro atoms. The molecule has 0 saturated carbocycles. The molecule has 3 heterocycles. The topological polar surface area (TPSA) is 54.2 Å². The van der Waals surface area contributed by atoms with Crippen LogP contribution in [-0.4, -0.2) is 32.9 Å². The first-order chi connectivity index (χ1) is 14.3. The number of thioether (sulfide) groups is 1. The van der Waals surface area contributed by atoms with E-state index in [-0.39, 0.29) is 24.0 Å². The summed E-state index contributed by atoms with van der Waals surface area (Å²) in [5, 5.41) is 12.3. The van der Waals surface area contributed by atoms with E-state index in [1.807, 2.05) is 13.8 Å². The van der Waals surface area contributed by atoms with Crippen LogP contribution in [0.3, 0.4) is 0 Å². The third-order valence-corrected chi connectivity index (χ3v) is 6.28. The van der Waals surface area contributed by atoms with Gasteiger partial charge in [-0.2, -0.15) is 18.3 Å². The lowest BCUT2D eigenvalue weighted by Crippen LogP contribution is -2.31. The Morgan fingerprint density at radius 3 is 2.68 bits per heavy atom. The van der Waals surface area contributed by atoms with Crippen LogP contribution in [0.15, 0.2) is 41.6 Å². The Morgan fingerprint density at radius 1 is 1.23 bits per heavy atom. The van der Waals surface area contributed by atoms with Crippen molar-refractivity contribution in [1.29, 1.82) is 0 Å². The quantitative estimate of drug-likeness (QED) is 0.486. The summed E-state index contributed by atoms with van der Waals surface area (Å²) in [6, 6.07) is 7.29. The molecule has 1 aliphatic heterocycles. The van der Waals surface area contributed by atoms with Gasteiger partial charge in [-0.3, -0.25) is 0 Å². The smallest absolute Gasteiger partial charge is 0.352 e. The van der Waals surface area contributed by atoms with E-state index in [1.54, 1.807) is 34.6 Å². The maximum atomic E-state index is 13.5. The van der Waals surface area contributed by atoms with E-state index >= 15 is 0 Å². The van der Waals surface area contributed by atoms with Gasteiger partial charge in [0.15, 0.2) is 5.65 Å². The number of aromatic nitrogens is 3. The Morgan fingerprint density at radius 2 is 2.00 bits per heavy atom. The number of alkyl halides is 3. The molecule has 0 bridgehead atoms. The van der Waals surface area contributed by atoms with Gasteiger partial charge < -0.3 is 10.6 Å². The minimum atomic E-state index is -4.45. The van der Waals surface area contributed by atoms with Crippen molar-refractivity contribution in [2.75, 3.05) is 18.4 Å². The van der Waals surface area contributed by atoms with E-state index in [4.69, 9.17) is 5.10 Å². The molecule has 2 N–H and O–H groups in total. The first kappa shape index (κ1) is 23.7. The zero-order valence-corrected chi connectivity index (χ0v) is 18.9. The summed E-state index contributed by atoms with van der Waals surface area (Å²) in [6.45, 7) is 6.00. The number of benzene rings is 1. The van der Waals surface area contributed by atoms with E-state index in [1.165, 1.54) is 12.1 Å². The normalized spacial score (nSPS) is 17.0. The lowest BCUT2D eigenvalue weighted by molar-refractivity contribution is -0.136. The van der Waals surface area contributed by atoms with E-state index in [0.717, 1.165) is 42.7 Å². The monoisotopic (exact) mass is 471 g/mol. The Kier molecular flexibility index (Phi) is 7.39. The summed E-state index contributed by atoms with van der Waals surface area (Å²) in [4.78, 5) is 4.45. The third-order valence-electron chi connectivity index (χ3n) is 5.10. The molecular formula is C21H25ClF3N5S. The van der Waals surface area contributed by atoms with Gasteiger partial charge in [-0.05, 0) is 43.5 Å². The van der Waals surface area contributed by atoms with Gasteiger partial charge >= 0.3 is 6.18 Å². The Bertz CT molecular complexity index is 1030. The van der Waals surface area contributed by atoms with Crippen LogP contribution in [0.4, 0.5) is 24.5 Å². The van der Waals surface area contributed by atoms with Crippen molar-refractivity contribution in [3.63, 3.8) is 0 Å². The number of halogens is 4. The summed E-state index contributed by atoms with van der Waals surface area (Å²) in [6.07, 6.45) is -0.522. The minimum absolute atomic E-state index is 0. The van der Waals surface area contributed by atoms with Gasteiger partial charge in [-0.15, -0.1) is 12.4 Å². The summed E-state index contributed by atoms with van der Waals surface area (Å²) in [7, 11) is 0. The molecule has 1 aromatic carbocycles. The van der Waals surface area contributed by atoms with Crippen molar-refractivity contribution in [2.24, 2.45) is 0 Å². The Hall–Kier alpha value is -1.97. The van der Waals surface area contributed by atoms with Crippen molar-refractivity contribution in [3.05, 3.63) is 47.8 Å². The number of nitrogens with one attached hydrogen (secondary N) is 2. The fourth-order valence-corrected chi connectivity index (χ4v) is 4.72. The molecule has 2 aromatic heterocycles. The highest BCUT2D eigenvalue weighted by molar-refractivity contribution is 7.99. The van der Waals surface area contributed by atoms with Gasteiger partial charge in [0, 0.05) is 11.8 Å².